The number of benzene rings is 1. The molecular formula is C26H35N3O2. The molecule has 1 fully saturated rings. The first-order valence-electron chi connectivity index (χ1n) is 11.4. The Morgan fingerprint density at radius 2 is 1.97 bits per heavy atom. The number of allylic oxidation sites excluding steroid dienone is 3. The fourth-order valence-electron chi connectivity index (χ4n) is 4.55. The van der Waals surface area contributed by atoms with Crippen LogP contribution in [0.1, 0.15) is 63.6 Å². The monoisotopic (exact) mass is 421 g/mol. The SMILES string of the molecule is COc1ccc(CC2C=CC(Nc3cc([C@H]4CC[C@@H](O)C4)nn3C(C)(C)C)=CC2)cc1. The first kappa shape index (κ1) is 21.7. The summed E-state index contributed by atoms with van der Waals surface area (Å²) in [5, 5.41) is 18.5. The van der Waals surface area contributed by atoms with Crippen LogP contribution in [0.2, 0.25) is 0 Å². The molecule has 0 saturated heterocycles. The Balaban J connectivity index is 1.43. The molecule has 166 valence electrons. The smallest absolute Gasteiger partial charge is 0.129 e. The summed E-state index contributed by atoms with van der Waals surface area (Å²) in [5.74, 6) is 2.77. The first-order valence-corrected chi connectivity index (χ1v) is 11.4. The Kier molecular flexibility index (Phi) is 6.24. The molecule has 0 bridgehead atoms. The van der Waals surface area contributed by atoms with Gasteiger partial charge in [0.05, 0.1) is 24.4 Å². The molecule has 1 unspecified atom stereocenters. The van der Waals surface area contributed by atoms with Gasteiger partial charge in [-0.2, -0.15) is 5.10 Å². The highest BCUT2D eigenvalue weighted by Gasteiger charge is 2.29. The molecule has 0 aliphatic heterocycles. The van der Waals surface area contributed by atoms with E-state index in [0.717, 1.165) is 55.1 Å². The van der Waals surface area contributed by atoms with Crippen molar-refractivity contribution in [1.29, 1.82) is 0 Å². The van der Waals surface area contributed by atoms with Gasteiger partial charge in [0, 0.05) is 17.7 Å². The molecule has 1 aromatic carbocycles. The minimum atomic E-state index is -0.187. The number of rotatable bonds is 6. The molecule has 31 heavy (non-hydrogen) atoms. The van der Waals surface area contributed by atoms with Crippen LogP contribution < -0.4 is 10.1 Å². The van der Waals surface area contributed by atoms with E-state index in [2.05, 4.69) is 67.2 Å². The molecule has 0 spiro atoms. The third kappa shape index (κ3) is 5.21. The third-order valence-electron chi connectivity index (χ3n) is 6.30. The molecule has 3 atom stereocenters. The van der Waals surface area contributed by atoms with Gasteiger partial charge in [0.1, 0.15) is 11.6 Å². The molecule has 1 saturated carbocycles. The molecule has 2 N–H and O–H groups in total. The van der Waals surface area contributed by atoms with E-state index < -0.39 is 0 Å². The molecule has 5 nitrogen and oxygen atoms in total. The lowest BCUT2D eigenvalue weighted by Crippen LogP contribution is -2.25. The Morgan fingerprint density at radius 3 is 2.55 bits per heavy atom. The lowest BCUT2D eigenvalue weighted by atomic mass is 9.92. The van der Waals surface area contributed by atoms with Crippen LogP contribution in [-0.4, -0.2) is 28.1 Å². The summed E-state index contributed by atoms with van der Waals surface area (Å²) in [5.41, 5.74) is 3.42. The van der Waals surface area contributed by atoms with E-state index in [0.29, 0.717) is 11.8 Å². The average molecular weight is 422 g/mol. The zero-order valence-electron chi connectivity index (χ0n) is 19.1. The third-order valence-corrected chi connectivity index (χ3v) is 6.30. The molecule has 0 amide bonds. The van der Waals surface area contributed by atoms with Crippen LogP contribution in [0.3, 0.4) is 0 Å². The minimum absolute atomic E-state index is 0.117. The second kappa shape index (κ2) is 8.91. The number of ether oxygens (including phenoxy) is 1. The van der Waals surface area contributed by atoms with Crippen molar-refractivity contribution in [2.45, 2.75) is 70.4 Å². The van der Waals surface area contributed by atoms with Gasteiger partial charge in [-0.05, 0) is 82.6 Å². The molecule has 2 aliphatic rings. The van der Waals surface area contributed by atoms with Crippen molar-refractivity contribution in [3.05, 3.63) is 65.5 Å². The predicted molar refractivity (Wildman–Crippen MR) is 125 cm³/mol. The molecule has 2 aromatic rings. The summed E-state index contributed by atoms with van der Waals surface area (Å²) in [7, 11) is 1.70. The van der Waals surface area contributed by atoms with Gasteiger partial charge in [0.15, 0.2) is 0 Å². The van der Waals surface area contributed by atoms with Gasteiger partial charge in [0.25, 0.3) is 0 Å². The zero-order valence-corrected chi connectivity index (χ0v) is 19.1. The van der Waals surface area contributed by atoms with Gasteiger partial charge in [-0.25, -0.2) is 4.68 Å². The minimum Gasteiger partial charge on any atom is -0.497 e. The van der Waals surface area contributed by atoms with Gasteiger partial charge in [-0.3, -0.25) is 0 Å². The maximum absolute atomic E-state index is 9.94. The standard InChI is InChI=1S/C26H35N3O2/c1-26(2,3)29-25(17-24(28-29)20-9-12-22(30)16-20)27-21-10-5-18(6-11-21)15-19-7-13-23(31-4)14-8-19/h5,7-8,10-11,13-14,17-18,20,22,27,30H,6,9,12,15-16H2,1-4H3/t18?,20-,22+/m0/s1. The van der Waals surface area contributed by atoms with Crippen LogP contribution in [0.25, 0.3) is 0 Å². The summed E-state index contributed by atoms with van der Waals surface area (Å²) in [6.45, 7) is 6.53. The van der Waals surface area contributed by atoms with E-state index in [4.69, 9.17) is 9.84 Å². The summed E-state index contributed by atoms with van der Waals surface area (Å²) >= 11 is 0. The van der Waals surface area contributed by atoms with E-state index in [-0.39, 0.29) is 11.6 Å². The summed E-state index contributed by atoms with van der Waals surface area (Å²) in [6.07, 6.45) is 11.3. The number of nitrogens with zero attached hydrogens (tertiary/aromatic N) is 2. The quantitative estimate of drug-likeness (QED) is 0.657. The zero-order chi connectivity index (χ0) is 22.0. The van der Waals surface area contributed by atoms with Crippen molar-refractivity contribution in [1.82, 2.24) is 9.78 Å². The van der Waals surface area contributed by atoms with E-state index in [1.54, 1.807) is 7.11 Å². The van der Waals surface area contributed by atoms with Crippen LogP contribution in [-0.2, 0) is 12.0 Å². The highest BCUT2D eigenvalue weighted by atomic mass is 16.5. The second-order valence-electron chi connectivity index (χ2n) is 9.89. The van der Waals surface area contributed by atoms with Crippen molar-refractivity contribution in [3.8, 4) is 5.75 Å². The summed E-state index contributed by atoms with van der Waals surface area (Å²) in [4.78, 5) is 0. The van der Waals surface area contributed by atoms with Crippen molar-refractivity contribution in [2.24, 2.45) is 5.92 Å². The van der Waals surface area contributed by atoms with Crippen molar-refractivity contribution >= 4 is 5.82 Å². The highest BCUT2D eigenvalue weighted by Crippen LogP contribution is 2.36. The summed E-state index contributed by atoms with van der Waals surface area (Å²) in [6, 6.07) is 10.5. The van der Waals surface area contributed by atoms with Gasteiger partial charge in [-0.1, -0.05) is 24.3 Å². The number of methoxy groups -OCH3 is 1. The topological polar surface area (TPSA) is 59.3 Å². The van der Waals surface area contributed by atoms with Gasteiger partial charge in [-0.15, -0.1) is 0 Å². The normalized spacial score (nSPS) is 23.6. The maximum Gasteiger partial charge on any atom is 0.129 e. The molecule has 1 aromatic heterocycles. The fraction of sp³-hybridized carbons (Fsp3) is 0.500. The lowest BCUT2D eigenvalue weighted by molar-refractivity contribution is 0.181. The number of aliphatic hydroxyl groups is 1. The van der Waals surface area contributed by atoms with E-state index in [9.17, 15) is 5.11 Å². The number of aromatic nitrogens is 2. The van der Waals surface area contributed by atoms with Crippen molar-refractivity contribution in [3.63, 3.8) is 0 Å². The molecular weight excluding hydrogens is 386 g/mol. The molecule has 0 radical (unpaired) electrons. The number of hydrogen-bond acceptors (Lipinski definition) is 4. The Bertz CT molecular complexity index is 950. The Labute approximate surface area is 185 Å². The molecule has 1 heterocycles. The summed E-state index contributed by atoms with van der Waals surface area (Å²) < 4.78 is 7.34. The molecule has 4 rings (SSSR count). The number of hydrogen-bond donors (Lipinski definition) is 2. The fourth-order valence-corrected chi connectivity index (χ4v) is 4.55. The first-order chi connectivity index (χ1) is 14.8. The van der Waals surface area contributed by atoms with Crippen LogP contribution in [0.5, 0.6) is 5.75 Å². The van der Waals surface area contributed by atoms with Crippen molar-refractivity contribution in [2.75, 3.05) is 12.4 Å². The van der Waals surface area contributed by atoms with Gasteiger partial charge >= 0.3 is 0 Å². The van der Waals surface area contributed by atoms with Gasteiger partial charge < -0.3 is 15.2 Å². The molecule has 2 aliphatic carbocycles. The van der Waals surface area contributed by atoms with Crippen molar-refractivity contribution < 1.29 is 9.84 Å². The lowest BCUT2D eigenvalue weighted by Gasteiger charge is -2.24. The Hall–Kier alpha value is -2.53. The second-order valence-corrected chi connectivity index (χ2v) is 9.89. The number of aliphatic hydroxyl groups excluding tert-OH is 1. The number of anilines is 1. The van der Waals surface area contributed by atoms with Crippen LogP contribution in [0.4, 0.5) is 5.82 Å². The van der Waals surface area contributed by atoms with E-state index >= 15 is 0 Å². The Morgan fingerprint density at radius 1 is 1.19 bits per heavy atom. The number of nitrogens with one attached hydrogen (secondary N) is 1. The van der Waals surface area contributed by atoms with Crippen LogP contribution >= 0.6 is 0 Å². The highest BCUT2D eigenvalue weighted by molar-refractivity contribution is 5.49. The maximum atomic E-state index is 9.94. The van der Waals surface area contributed by atoms with Gasteiger partial charge in [0.2, 0.25) is 0 Å². The average Bonchev–Trinajstić information content (AvgIpc) is 3.36. The van der Waals surface area contributed by atoms with E-state index in [1.165, 1.54) is 5.56 Å². The largest absolute Gasteiger partial charge is 0.497 e. The van der Waals surface area contributed by atoms with E-state index in [1.807, 2.05) is 12.1 Å². The van der Waals surface area contributed by atoms with Crippen LogP contribution in [0.15, 0.2) is 54.3 Å². The molecule has 5 heteroatoms. The van der Waals surface area contributed by atoms with Crippen LogP contribution in [0, 0.1) is 5.92 Å². The predicted octanol–water partition coefficient (Wildman–Crippen LogP) is 5.39.